The molecule has 0 aliphatic heterocycles. The van der Waals surface area contributed by atoms with E-state index in [2.05, 4.69) is 62.4 Å². The Hall–Kier alpha value is -4.34. The third-order valence-corrected chi connectivity index (χ3v) is 19.0. The van der Waals surface area contributed by atoms with E-state index in [4.69, 9.17) is 0 Å². The number of hydrogen-bond acceptors (Lipinski definition) is 11. The smallest absolute Gasteiger partial charge is 0.262 e. The van der Waals surface area contributed by atoms with Crippen LogP contribution in [0.5, 0.6) is 0 Å². The van der Waals surface area contributed by atoms with Crippen LogP contribution in [0.4, 0.5) is 0 Å². The zero-order valence-electron chi connectivity index (χ0n) is 38.4. The number of thiophene rings is 7. The summed E-state index contributed by atoms with van der Waals surface area (Å²) < 4.78 is 5.96. The van der Waals surface area contributed by atoms with Crippen LogP contribution >= 0.6 is 79.4 Å². The van der Waals surface area contributed by atoms with Gasteiger partial charge in [0, 0.05) is 69.3 Å². The minimum atomic E-state index is -0.275. The Kier molecular flexibility index (Phi) is 16.4. The molecular formula is C51H54N2O4S7. The molecule has 0 saturated heterocycles. The number of fused-ring (bicyclic) bond motifs is 6. The van der Waals surface area contributed by atoms with E-state index in [1.807, 2.05) is 79.7 Å². The average molecular weight is 983 g/mol. The number of hydrogen-bond donors (Lipinski definition) is 0. The maximum Gasteiger partial charge on any atom is 0.262 e. The summed E-state index contributed by atoms with van der Waals surface area (Å²) in [6, 6.07) is 20.6. The zero-order valence-corrected chi connectivity index (χ0v) is 44.2. The van der Waals surface area contributed by atoms with E-state index in [9.17, 15) is 19.2 Å². The summed E-state index contributed by atoms with van der Waals surface area (Å²) in [6.45, 7) is 20.2. The first-order valence-electron chi connectivity index (χ1n) is 21.9. The second-order valence-corrected chi connectivity index (χ2v) is 21.8. The molecule has 13 heteroatoms. The van der Waals surface area contributed by atoms with E-state index in [0.29, 0.717) is 21.5 Å². The van der Waals surface area contributed by atoms with E-state index < -0.39 is 0 Å². The van der Waals surface area contributed by atoms with Gasteiger partial charge in [0.25, 0.3) is 22.2 Å². The minimum Gasteiger partial charge on any atom is -0.277 e. The lowest BCUT2D eigenvalue weighted by Crippen LogP contribution is -2.26. The molecule has 0 atom stereocenters. The highest BCUT2D eigenvalue weighted by Crippen LogP contribution is 2.45. The molecule has 0 radical (unpaired) electrons. The molecule has 0 bridgehead atoms. The van der Waals surface area contributed by atoms with Gasteiger partial charge in [0.2, 0.25) is 0 Å². The monoisotopic (exact) mass is 982 g/mol. The normalized spacial score (nSPS) is 11.9. The second kappa shape index (κ2) is 21.3. The zero-order chi connectivity index (χ0) is 46.6. The van der Waals surface area contributed by atoms with Gasteiger partial charge in [-0.1, -0.05) is 80.0 Å². The molecule has 10 rings (SSSR count). The molecule has 1 aliphatic carbocycles. The molecule has 64 heavy (non-hydrogen) atoms. The molecule has 0 aromatic carbocycles. The SMILES string of the molecule is CC.CC.CC.CC.CCC1=CC=C(c2cc3c(=O)n(C)c(=O)c4cc(-c5ccc(Cc6ccc(-c7cc8c(=O)n(C)c(=O)c9cc(-c%10ccc(C)s%10)sc9c8s7)s6)s5)sc4c3s2)C1. The van der Waals surface area contributed by atoms with E-state index in [-0.39, 0.29) is 22.2 Å². The van der Waals surface area contributed by atoms with Crippen molar-refractivity contribution in [3.05, 3.63) is 139 Å². The largest absolute Gasteiger partial charge is 0.277 e. The van der Waals surface area contributed by atoms with E-state index in [1.54, 1.807) is 93.5 Å². The lowest BCUT2D eigenvalue weighted by atomic mass is 10.1. The van der Waals surface area contributed by atoms with Crippen LogP contribution in [0.15, 0.2) is 97.6 Å². The molecule has 334 valence electrons. The maximum absolute atomic E-state index is 13.6. The summed E-state index contributed by atoms with van der Waals surface area (Å²) in [6.07, 6.45) is 7.00. The summed E-state index contributed by atoms with van der Waals surface area (Å²) in [5.74, 6) is 0. The molecular weight excluding hydrogens is 929 g/mol. The van der Waals surface area contributed by atoms with Gasteiger partial charge >= 0.3 is 0 Å². The third-order valence-electron chi connectivity index (χ3n) is 10.3. The van der Waals surface area contributed by atoms with Crippen molar-refractivity contribution in [2.45, 2.75) is 88.5 Å². The van der Waals surface area contributed by atoms with Gasteiger partial charge in [-0.2, -0.15) is 0 Å². The van der Waals surface area contributed by atoms with Crippen molar-refractivity contribution in [3.8, 4) is 29.3 Å². The van der Waals surface area contributed by atoms with Crippen molar-refractivity contribution in [1.82, 2.24) is 9.13 Å². The van der Waals surface area contributed by atoms with E-state index in [0.717, 1.165) is 72.2 Å². The Bertz CT molecular complexity index is 3440. The molecule has 9 aromatic rings. The van der Waals surface area contributed by atoms with Crippen molar-refractivity contribution in [2.24, 2.45) is 14.1 Å². The summed E-state index contributed by atoms with van der Waals surface area (Å²) in [7, 11) is 3.15. The summed E-state index contributed by atoms with van der Waals surface area (Å²) in [4.78, 5) is 65.0. The average Bonchev–Trinajstić information content (AvgIpc) is 4.18. The number of allylic oxidation sites excluding steroid dienone is 4. The second-order valence-electron chi connectivity index (χ2n) is 13.9. The molecule has 0 fully saturated rings. The van der Waals surface area contributed by atoms with Gasteiger partial charge in [-0.15, -0.1) is 79.4 Å². The fourth-order valence-electron chi connectivity index (χ4n) is 7.25. The fraction of sp³-hybridized carbons (Fsp3) is 0.294. The van der Waals surface area contributed by atoms with Crippen molar-refractivity contribution in [2.75, 3.05) is 0 Å². The topological polar surface area (TPSA) is 78.1 Å². The van der Waals surface area contributed by atoms with Crippen molar-refractivity contribution < 1.29 is 0 Å². The predicted octanol–water partition coefficient (Wildman–Crippen LogP) is 16.0. The van der Waals surface area contributed by atoms with Gasteiger partial charge in [0.1, 0.15) is 0 Å². The first kappa shape index (κ1) is 49.1. The van der Waals surface area contributed by atoms with Crippen molar-refractivity contribution >= 4 is 125 Å². The van der Waals surface area contributed by atoms with Crippen LogP contribution < -0.4 is 22.2 Å². The number of nitrogens with zero attached hydrogens (tertiary/aromatic N) is 2. The molecule has 9 heterocycles. The first-order chi connectivity index (χ1) is 31.0. The Morgan fingerprint density at radius 2 is 0.812 bits per heavy atom. The summed E-state index contributed by atoms with van der Waals surface area (Å²) >= 11 is 11.5. The van der Waals surface area contributed by atoms with Gasteiger partial charge in [-0.3, -0.25) is 28.3 Å². The Morgan fingerprint density at radius 1 is 0.453 bits per heavy atom. The van der Waals surface area contributed by atoms with Crippen LogP contribution in [0.25, 0.3) is 75.2 Å². The number of aromatic nitrogens is 2. The van der Waals surface area contributed by atoms with E-state index >= 15 is 0 Å². The van der Waals surface area contributed by atoms with Crippen molar-refractivity contribution in [3.63, 3.8) is 0 Å². The molecule has 1 aliphatic rings. The molecule has 0 saturated carbocycles. The van der Waals surface area contributed by atoms with Gasteiger partial charge < -0.3 is 0 Å². The fourth-order valence-corrected chi connectivity index (χ4v) is 15.4. The predicted molar refractivity (Wildman–Crippen MR) is 291 cm³/mol. The van der Waals surface area contributed by atoms with Crippen LogP contribution in [0.3, 0.4) is 0 Å². The van der Waals surface area contributed by atoms with E-state index in [1.165, 1.54) is 34.9 Å². The van der Waals surface area contributed by atoms with Crippen LogP contribution in [-0.4, -0.2) is 9.13 Å². The van der Waals surface area contributed by atoms with Crippen molar-refractivity contribution in [1.29, 1.82) is 0 Å². The van der Waals surface area contributed by atoms with Gasteiger partial charge in [-0.25, -0.2) is 0 Å². The Labute approximate surface area is 402 Å². The molecule has 0 amide bonds. The minimum absolute atomic E-state index is 0.254. The number of aryl methyl sites for hydroxylation is 1. The Morgan fingerprint density at radius 3 is 1.17 bits per heavy atom. The van der Waals surface area contributed by atoms with Crippen LogP contribution in [0.1, 0.15) is 94.7 Å². The quantitative estimate of drug-likeness (QED) is 0.159. The highest BCUT2D eigenvalue weighted by molar-refractivity contribution is 7.33. The molecule has 0 N–H and O–H groups in total. The molecule has 0 spiro atoms. The maximum atomic E-state index is 13.6. The Balaban J connectivity index is 0.000000807. The lowest BCUT2D eigenvalue weighted by Gasteiger charge is -1.99. The van der Waals surface area contributed by atoms with Crippen LogP contribution in [-0.2, 0) is 20.5 Å². The molecule has 9 aromatic heterocycles. The number of rotatable bonds is 7. The first-order valence-corrected chi connectivity index (χ1v) is 27.6. The van der Waals surface area contributed by atoms with Crippen LogP contribution in [0, 0.1) is 6.92 Å². The van der Waals surface area contributed by atoms with Gasteiger partial charge in [0.05, 0.1) is 40.3 Å². The highest BCUT2D eigenvalue weighted by Gasteiger charge is 2.21. The lowest BCUT2D eigenvalue weighted by molar-refractivity contribution is 0.845. The standard InChI is InChI=1S/C43H30N2O4S7.4C2H6/c1-5-21-7-8-22(14-21)32-16-25-36(53-32)37-27(42(48)44(3)40(25)46)18-34(55-37)30-12-9-23(51-30)15-24-10-13-31(52-24)35-19-28-39(56-35)38-26(41(47)45(4)43(28)49)17-33(54-38)29-11-6-20(2)50-29;4*1-2/h6-13,16-19H,5,14-15H2,1-4H3;4*1-2H3. The van der Waals surface area contributed by atoms with Gasteiger partial charge in [0.15, 0.2) is 0 Å². The van der Waals surface area contributed by atoms with Gasteiger partial charge in [-0.05, 0) is 86.0 Å². The highest BCUT2D eigenvalue weighted by atomic mass is 32.1. The molecule has 0 unspecified atom stereocenters. The summed E-state index contributed by atoms with van der Waals surface area (Å²) in [5.41, 5.74) is 1.54. The third kappa shape index (κ3) is 9.22. The van der Waals surface area contributed by atoms with Crippen LogP contribution in [0.2, 0.25) is 0 Å². The molecule has 6 nitrogen and oxygen atoms in total. The summed E-state index contributed by atoms with van der Waals surface area (Å²) in [5, 5.41) is 2.33.